The highest BCUT2D eigenvalue weighted by Crippen LogP contribution is 2.25. The van der Waals surface area contributed by atoms with Gasteiger partial charge in [0, 0.05) is 35.8 Å². The van der Waals surface area contributed by atoms with Gasteiger partial charge in [-0.2, -0.15) is 0 Å². The predicted molar refractivity (Wildman–Crippen MR) is 110 cm³/mol. The molecule has 3 rings (SSSR count). The first kappa shape index (κ1) is 19.2. The Bertz CT molecular complexity index is 968. The van der Waals surface area contributed by atoms with E-state index >= 15 is 0 Å². The van der Waals surface area contributed by atoms with Gasteiger partial charge in [0.2, 0.25) is 0 Å². The maximum atomic E-state index is 12.5. The largest absolute Gasteiger partial charge is 0.387 e. The summed E-state index contributed by atoms with van der Waals surface area (Å²) in [5, 5.41) is 14.3. The third-order valence-corrected chi connectivity index (χ3v) is 5.51. The van der Waals surface area contributed by atoms with Crippen molar-refractivity contribution in [3.8, 4) is 0 Å². The molecule has 142 valence electrons. The Balaban J connectivity index is 1.70. The fraction of sp³-hybridized carbons (Fsp3) is 0.348. The lowest BCUT2D eigenvalue weighted by atomic mass is 10.00. The lowest BCUT2D eigenvalue weighted by Gasteiger charge is -2.14. The first-order valence-electron chi connectivity index (χ1n) is 9.41. The second-order valence-electron chi connectivity index (χ2n) is 7.55. The van der Waals surface area contributed by atoms with Crippen molar-refractivity contribution in [2.75, 3.05) is 6.54 Å². The number of hydrogen-bond acceptors (Lipinski definition) is 2. The highest BCUT2D eigenvalue weighted by molar-refractivity contribution is 5.99. The second-order valence-corrected chi connectivity index (χ2v) is 7.55. The van der Waals surface area contributed by atoms with Gasteiger partial charge in [0.05, 0.1) is 6.10 Å². The Morgan fingerprint density at radius 1 is 1.07 bits per heavy atom. The first-order valence-corrected chi connectivity index (χ1v) is 9.41. The van der Waals surface area contributed by atoms with Gasteiger partial charge in [-0.1, -0.05) is 38.1 Å². The van der Waals surface area contributed by atoms with Gasteiger partial charge in [-0.3, -0.25) is 4.79 Å². The van der Waals surface area contributed by atoms with E-state index in [1.54, 1.807) is 0 Å². The molecule has 0 aliphatic rings. The summed E-state index contributed by atoms with van der Waals surface area (Å²) in [5.41, 5.74) is 6.15. The number of hydrogen-bond donors (Lipinski definition) is 2. The van der Waals surface area contributed by atoms with Crippen molar-refractivity contribution in [2.45, 2.75) is 39.7 Å². The predicted octanol–water partition coefficient (Wildman–Crippen LogP) is 4.38. The summed E-state index contributed by atoms with van der Waals surface area (Å²) in [6, 6.07) is 13.6. The summed E-state index contributed by atoms with van der Waals surface area (Å²) in [6.45, 7) is 8.61. The van der Waals surface area contributed by atoms with Crippen LogP contribution < -0.4 is 5.32 Å². The van der Waals surface area contributed by atoms with Crippen LogP contribution in [0.4, 0.5) is 0 Å². The summed E-state index contributed by atoms with van der Waals surface area (Å²) in [4.78, 5) is 12.5. The number of amides is 1. The topological polar surface area (TPSA) is 54.3 Å². The molecule has 27 heavy (non-hydrogen) atoms. The van der Waals surface area contributed by atoms with E-state index in [4.69, 9.17) is 0 Å². The van der Waals surface area contributed by atoms with E-state index in [0.29, 0.717) is 11.5 Å². The zero-order chi connectivity index (χ0) is 19.7. The van der Waals surface area contributed by atoms with Gasteiger partial charge in [0.25, 0.3) is 5.91 Å². The number of aryl methyl sites for hydroxylation is 2. The van der Waals surface area contributed by atoms with E-state index in [0.717, 1.165) is 16.5 Å². The molecule has 1 heterocycles. The summed E-state index contributed by atoms with van der Waals surface area (Å²) in [5.74, 6) is 0.284. The minimum absolute atomic E-state index is 0.171. The molecular weight excluding hydrogens is 336 g/mol. The summed E-state index contributed by atoms with van der Waals surface area (Å²) >= 11 is 0. The molecule has 2 aromatic carbocycles. The molecule has 1 unspecified atom stereocenters. The standard InChI is InChI=1S/C23H28N2O2/c1-14(2)17-6-8-18(9-7-17)22(26)13-24-23(27)19-10-11-21-20(12-19)15(3)16(4)25(21)5/h6-12,14,22,26H,13H2,1-5H3,(H,24,27). The number of aromatic nitrogens is 1. The molecule has 4 heteroatoms. The Kier molecular flexibility index (Phi) is 5.38. The second kappa shape index (κ2) is 7.57. The Labute approximate surface area is 160 Å². The Morgan fingerprint density at radius 2 is 1.70 bits per heavy atom. The molecule has 0 radical (unpaired) electrons. The Morgan fingerprint density at radius 3 is 2.33 bits per heavy atom. The minimum atomic E-state index is -0.723. The lowest BCUT2D eigenvalue weighted by Crippen LogP contribution is -2.28. The van der Waals surface area contributed by atoms with Crippen LogP contribution >= 0.6 is 0 Å². The van der Waals surface area contributed by atoms with Crippen molar-refractivity contribution >= 4 is 16.8 Å². The average molecular weight is 364 g/mol. The van der Waals surface area contributed by atoms with Crippen LogP contribution in [0.1, 0.15) is 58.6 Å². The van der Waals surface area contributed by atoms with Gasteiger partial charge in [0.15, 0.2) is 0 Å². The average Bonchev–Trinajstić information content (AvgIpc) is 2.89. The number of fused-ring (bicyclic) bond motifs is 1. The quantitative estimate of drug-likeness (QED) is 0.706. The zero-order valence-electron chi connectivity index (χ0n) is 16.7. The van der Waals surface area contributed by atoms with Gasteiger partial charge >= 0.3 is 0 Å². The molecule has 3 aromatic rings. The molecule has 0 saturated heterocycles. The molecule has 2 N–H and O–H groups in total. The number of rotatable bonds is 5. The smallest absolute Gasteiger partial charge is 0.251 e. The van der Waals surface area contributed by atoms with Crippen LogP contribution in [0.2, 0.25) is 0 Å². The summed E-state index contributed by atoms with van der Waals surface area (Å²) in [7, 11) is 2.03. The molecule has 1 aromatic heterocycles. The van der Waals surface area contributed by atoms with Crippen LogP contribution in [0.15, 0.2) is 42.5 Å². The number of carbonyl (C=O) groups is 1. The molecule has 0 fully saturated rings. The van der Waals surface area contributed by atoms with Crippen LogP contribution in [0, 0.1) is 13.8 Å². The van der Waals surface area contributed by atoms with Crippen LogP contribution in [-0.4, -0.2) is 22.1 Å². The van der Waals surface area contributed by atoms with E-state index < -0.39 is 6.10 Å². The molecular formula is C23H28N2O2. The van der Waals surface area contributed by atoms with Gasteiger partial charge in [-0.15, -0.1) is 0 Å². The van der Waals surface area contributed by atoms with Crippen molar-refractivity contribution in [3.05, 3.63) is 70.4 Å². The number of aliphatic hydroxyl groups is 1. The fourth-order valence-corrected chi connectivity index (χ4v) is 3.41. The maximum Gasteiger partial charge on any atom is 0.251 e. The molecule has 0 bridgehead atoms. The molecule has 1 amide bonds. The summed E-state index contributed by atoms with van der Waals surface area (Å²) < 4.78 is 2.14. The van der Waals surface area contributed by atoms with E-state index in [1.165, 1.54) is 16.8 Å². The Hall–Kier alpha value is -2.59. The van der Waals surface area contributed by atoms with Crippen molar-refractivity contribution in [2.24, 2.45) is 7.05 Å². The van der Waals surface area contributed by atoms with Crippen LogP contribution in [-0.2, 0) is 7.05 Å². The van der Waals surface area contributed by atoms with E-state index in [9.17, 15) is 9.90 Å². The third-order valence-electron chi connectivity index (χ3n) is 5.51. The third kappa shape index (κ3) is 3.76. The zero-order valence-corrected chi connectivity index (χ0v) is 16.7. The number of nitrogens with one attached hydrogen (secondary N) is 1. The molecule has 0 saturated carbocycles. The fourth-order valence-electron chi connectivity index (χ4n) is 3.41. The van der Waals surface area contributed by atoms with Gasteiger partial charge in [-0.25, -0.2) is 0 Å². The summed E-state index contributed by atoms with van der Waals surface area (Å²) in [6.07, 6.45) is -0.723. The van der Waals surface area contributed by atoms with Crippen LogP contribution in [0.5, 0.6) is 0 Å². The van der Waals surface area contributed by atoms with Crippen molar-refractivity contribution in [3.63, 3.8) is 0 Å². The van der Waals surface area contributed by atoms with Crippen LogP contribution in [0.3, 0.4) is 0 Å². The molecule has 0 spiro atoms. The van der Waals surface area contributed by atoms with Gasteiger partial charge in [0.1, 0.15) is 0 Å². The monoisotopic (exact) mass is 364 g/mol. The molecule has 1 atom stereocenters. The molecule has 0 aliphatic heterocycles. The highest BCUT2D eigenvalue weighted by atomic mass is 16.3. The van der Waals surface area contributed by atoms with Crippen molar-refractivity contribution < 1.29 is 9.90 Å². The number of carbonyl (C=O) groups excluding carboxylic acids is 1. The highest BCUT2D eigenvalue weighted by Gasteiger charge is 2.14. The lowest BCUT2D eigenvalue weighted by molar-refractivity contribution is 0.0916. The van der Waals surface area contributed by atoms with Crippen molar-refractivity contribution in [1.82, 2.24) is 9.88 Å². The number of aliphatic hydroxyl groups excluding tert-OH is 1. The van der Waals surface area contributed by atoms with Gasteiger partial charge < -0.3 is 15.0 Å². The number of benzene rings is 2. The maximum absolute atomic E-state index is 12.5. The van der Waals surface area contributed by atoms with E-state index in [1.807, 2.05) is 49.5 Å². The SMILES string of the molecule is Cc1c(C)n(C)c2ccc(C(=O)NCC(O)c3ccc(C(C)C)cc3)cc12. The van der Waals surface area contributed by atoms with Gasteiger partial charge in [-0.05, 0) is 54.7 Å². The molecule has 4 nitrogen and oxygen atoms in total. The minimum Gasteiger partial charge on any atom is -0.387 e. The van der Waals surface area contributed by atoms with E-state index in [-0.39, 0.29) is 12.5 Å². The number of nitrogens with zero attached hydrogens (tertiary/aromatic N) is 1. The van der Waals surface area contributed by atoms with Crippen LogP contribution in [0.25, 0.3) is 10.9 Å². The van der Waals surface area contributed by atoms with E-state index in [2.05, 4.69) is 37.6 Å². The molecule has 0 aliphatic carbocycles. The first-order chi connectivity index (χ1) is 12.8. The normalized spacial score (nSPS) is 12.6. The van der Waals surface area contributed by atoms with Crippen molar-refractivity contribution in [1.29, 1.82) is 0 Å².